The number of nitrogens with one attached hydrogen (secondary N) is 1. The van der Waals surface area contributed by atoms with Crippen molar-refractivity contribution in [1.82, 2.24) is 29.6 Å². The summed E-state index contributed by atoms with van der Waals surface area (Å²) >= 11 is 0. The van der Waals surface area contributed by atoms with E-state index >= 15 is 8.78 Å². The summed E-state index contributed by atoms with van der Waals surface area (Å²) in [4.78, 5) is 41.8. The number of anilines is 2. The lowest BCUT2D eigenvalue weighted by molar-refractivity contribution is -0.127. The van der Waals surface area contributed by atoms with E-state index in [1.54, 1.807) is 48.3 Å². The number of hydrogen-bond acceptors (Lipinski definition) is 7. The maximum atomic E-state index is 17.8. The second-order valence-electron chi connectivity index (χ2n) is 13.0. The van der Waals surface area contributed by atoms with E-state index in [0.717, 1.165) is 0 Å². The number of nitrogens with zero attached hydrogens (tertiary/aromatic N) is 7. The lowest BCUT2D eigenvalue weighted by Crippen LogP contribution is -2.61. The van der Waals surface area contributed by atoms with Gasteiger partial charge in [-0.3, -0.25) is 19.4 Å². The number of hydrogen-bond donors (Lipinski definition) is 1. The van der Waals surface area contributed by atoms with Gasteiger partial charge in [0.05, 0.1) is 45.8 Å². The van der Waals surface area contributed by atoms with E-state index in [-0.39, 0.29) is 58.4 Å². The number of fused-ring (bicyclic) bond motifs is 3. The Balaban J connectivity index is 1.67. The van der Waals surface area contributed by atoms with Crippen molar-refractivity contribution in [3.8, 4) is 16.8 Å². The van der Waals surface area contributed by atoms with Gasteiger partial charge < -0.3 is 14.7 Å². The Hall–Kier alpha value is -5.13. The molecule has 1 fully saturated rings. The molecule has 3 aromatic heterocycles. The van der Waals surface area contributed by atoms with Crippen molar-refractivity contribution in [3.63, 3.8) is 0 Å². The van der Waals surface area contributed by atoms with Gasteiger partial charge in [0.15, 0.2) is 11.6 Å². The summed E-state index contributed by atoms with van der Waals surface area (Å²) in [5.74, 6) is -1.78. The number of amides is 1. The second kappa shape index (κ2) is 11.0. The Morgan fingerprint density at radius 1 is 1.06 bits per heavy atom. The molecule has 242 valence electrons. The zero-order valence-electron chi connectivity index (χ0n) is 27.2. The van der Waals surface area contributed by atoms with Crippen molar-refractivity contribution in [2.75, 3.05) is 36.5 Å². The first-order valence-corrected chi connectivity index (χ1v) is 15.7. The van der Waals surface area contributed by atoms with Crippen LogP contribution in [0.5, 0.6) is 0 Å². The molecule has 1 N–H and O–H groups in total. The van der Waals surface area contributed by atoms with Gasteiger partial charge >= 0.3 is 5.69 Å². The highest BCUT2D eigenvalue weighted by Gasteiger charge is 2.42. The summed E-state index contributed by atoms with van der Waals surface area (Å²) in [5, 5.41) is 7.81. The number of carbonyl (C=O) groups is 1. The largest absolute Gasteiger partial charge is 0.369 e. The van der Waals surface area contributed by atoms with Gasteiger partial charge in [-0.1, -0.05) is 26.5 Å². The van der Waals surface area contributed by atoms with Gasteiger partial charge in [-0.25, -0.2) is 13.6 Å². The maximum absolute atomic E-state index is 17.8. The quantitative estimate of drug-likeness (QED) is 0.264. The minimum atomic E-state index is -0.878. The number of halogens is 2. The Kier molecular flexibility index (Phi) is 7.14. The number of H-pyrrole nitrogens is 1. The van der Waals surface area contributed by atoms with Gasteiger partial charge in [-0.05, 0) is 56.0 Å². The summed E-state index contributed by atoms with van der Waals surface area (Å²) in [6, 6.07) is 4.69. The average Bonchev–Trinajstić information content (AvgIpc) is 3.46. The predicted octanol–water partition coefficient (Wildman–Crippen LogP) is 5.38. The Bertz CT molecular complexity index is 2190. The third-order valence-electron chi connectivity index (χ3n) is 9.56. The monoisotopic (exact) mass is 638 g/mol. The van der Waals surface area contributed by atoms with Gasteiger partial charge in [0.1, 0.15) is 11.3 Å². The standard InChI is InChI=1S/C35H36F2N8O2/c1-8-24(46)43-14-20(6)44-21(16-43)15-42(7)32-27-33(29(37)26(28(32)36)25-18(4)9-10-23-22(25)13-39-41-23)45(35(47)40-34(27)44)31-19(5)11-12-38-30(31)17(2)3/h8-13,17,20-21H,1,14-16H2,2-7H3,(H,39,41). The minimum Gasteiger partial charge on any atom is -0.369 e. The summed E-state index contributed by atoms with van der Waals surface area (Å²) in [6.45, 7) is 14.0. The number of aryl methyl sites for hydroxylation is 2. The Morgan fingerprint density at radius 3 is 2.55 bits per heavy atom. The highest BCUT2D eigenvalue weighted by Crippen LogP contribution is 2.47. The minimum absolute atomic E-state index is 0.0754. The van der Waals surface area contributed by atoms with Crippen molar-refractivity contribution < 1.29 is 13.6 Å². The van der Waals surface area contributed by atoms with Gasteiger partial charge in [-0.15, -0.1) is 0 Å². The first-order chi connectivity index (χ1) is 22.4. The van der Waals surface area contributed by atoms with Crippen molar-refractivity contribution >= 4 is 39.2 Å². The first kappa shape index (κ1) is 30.5. The van der Waals surface area contributed by atoms with E-state index in [4.69, 9.17) is 0 Å². The topological polar surface area (TPSA) is 103 Å². The molecule has 5 aromatic rings. The van der Waals surface area contributed by atoms with Crippen LogP contribution in [0.2, 0.25) is 0 Å². The predicted molar refractivity (Wildman–Crippen MR) is 179 cm³/mol. The summed E-state index contributed by atoms with van der Waals surface area (Å²) in [5.41, 5.74) is 2.43. The normalized spacial score (nSPS) is 17.9. The van der Waals surface area contributed by atoms with E-state index in [1.165, 1.54) is 10.6 Å². The number of aromatic amines is 1. The molecule has 12 heteroatoms. The molecule has 1 saturated heterocycles. The van der Waals surface area contributed by atoms with Gasteiger partial charge in [0.25, 0.3) is 0 Å². The molecule has 2 atom stereocenters. The fourth-order valence-electron chi connectivity index (χ4n) is 7.52. The third kappa shape index (κ3) is 4.44. The molecule has 0 aliphatic carbocycles. The van der Waals surface area contributed by atoms with Crippen molar-refractivity contribution in [2.24, 2.45) is 0 Å². The molecule has 0 radical (unpaired) electrons. The third-order valence-corrected chi connectivity index (χ3v) is 9.56. The van der Waals surface area contributed by atoms with Crippen molar-refractivity contribution in [1.29, 1.82) is 0 Å². The average molecular weight is 639 g/mol. The van der Waals surface area contributed by atoms with Gasteiger partial charge in [0, 0.05) is 49.9 Å². The smallest absolute Gasteiger partial charge is 0.354 e. The van der Waals surface area contributed by atoms with Crippen LogP contribution in [0, 0.1) is 25.5 Å². The van der Waals surface area contributed by atoms with Crippen LogP contribution in [-0.4, -0.2) is 74.3 Å². The Labute approximate surface area is 270 Å². The highest BCUT2D eigenvalue weighted by atomic mass is 19.1. The van der Waals surface area contributed by atoms with Gasteiger partial charge in [0.2, 0.25) is 5.91 Å². The highest BCUT2D eigenvalue weighted by molar-refractivity contribution is 6.08. The number of likely N-dealkylation sites (N-methyl/N-ethyl adjacent to an activating group) is 1. The molecule has 0 bridgehead atoms. The van der Waals surface area contributed by atoms with Crippen LogP contribution in [0.25, 0.3) is 38.6 Å². The zero-order chi connectivity index (χ0) is 33.5. The molecule has 2 aromatic carbocycles. The van der Waals surface area contributed by atoms with E-state index in [9.17, 15) is 9.59 Å². The number of carbonyl (C=O) groups excluding carboxylic acids is 1. The molecule has 1 amide bonds. The number of aromatic nitrogens is 5. The zero-order valence-corrected chi connectivity index (χ0v) is 27.2. The molecular formula is C35H36F2N8O2. The second-order valence-corrected chi connectivity index (χ2v) is 13.0. The number of pyridine rings is 1. The van der Waals surface area contributed by atoms with E-state index < -0.39 is 17.3 Å². The molecule has 10 nitrogen and oxygen atoms in total. The summed E-state index contributed by atoms with van der Waals surface area (Å²) in [6.07, 6.45) is 4.50. The van der Waals surface area contributed by atoms with Crippen LogP contribution in [0.4, 0.5) is 20.3 Å². The Morgan fingerprint density at radius 2 is 1.83 bits per heavy atom. The fraction of sp³-hybridized carbons (Fsp3) is 0.343. The molecule has 2 aliphatic rings. The molecule has 2 aliphatic heterocycles. The molecule has 7 rings (SSSR count). The fourth-order valence-corrected chi connectivity index (χ4v) is 7.52. The first-order valence-electron chi connectivity index (χ1n) is 15.7. The SMILES string of the molecule is C=CC(=O)N1CC(C)N2c3nc(=O)n(-c4c(C)ccnc4C(C)C)c4c(F)c(-c5c(C)ccc6[nH]ncc56)c(F)c(c34)N(C)CC2C1. The van der Waals surface area contributed by atoms with E-state index in [1.807, 2.05) is 38.7 Å². The number of piperazine rings is 1. The van der Waals surface area contributed by atoms with E-state index in [2.05, 4.69) is 26.7 Å². The number of benzene rings is 2. The molecule has 2 unspecified atom stereocenters. The molecular weight excluding hydrogens is 602 g/mol. The molecule has 0 spiro atoms. The van der Waals surface area contributed by atoms with Crippen molar-refractivity contribution in [3.05, 3.63) is 82.2 Å². The molecule has 0 saturated carbocycles. The van der Waals surface area contributed by atoms with Crippen LogP contribution in [0.15, 0.2) is 48.0 Å². The van der Waals surface area contributed by atoms with Crippen LogP contribution in [0.3, 0.4) is 0 Å². The van der Waals surface area contributed by atoms with Crippen LogP contribution in [0.1, 0.15) is 43.5 Å². The van der Waals surface area contributed by atoms with Crippen LogP contribution in [-0.2, 0) is 4.79 Å². The van der Waals surface area contributed by atoms with Gasteiger partial charge in [-0.2, -0.15) is 10.1 Å². The van der Waals surface area contributed by atoms with Crippen LogP contribution >= 0.6 is 0 Å². The van der Waals surface area contributed by atoms with E-state index in [0.29, 0.717) is 52.1 Å². The summed E-state index contributed by atoms with van der Waals surface area (Å²) in [7, 11) is 1.75. The van der Waals surface area contributed by atoms with Crippen molar-refractivity contribution in [2.45, 2.75) is 52.6 Å². The van der Waals surface area contributed by atoms with Crippen LogP contribution < -0.4 is 15.5 Å². The lowest BCUT2D eigenvalue weighted by atomic mass is 9.93. The number of rotatable bonds is 4. The molecule has 47 heavy (non-hydrogen) atoms. The lowest BCUT2D eigenvalue weighted by Gasteiger charge is -2.46. The molecule has 5 heterocycles. The summed E-state index contributed by atoms with van der Waals surface area (Å²) < 4.78 is 36.5. The maximum Gasteiger partial charge on any atom is 0.354 e.